The zero-order chi connectivity index (χ0) is 11.0. The number of benzene rings is 1. The number of rotatable bonds is 3. The van der Waals surface area contributed by atoms with E-state index in [0.717, 1.165) is 11.6 Å². The topological polar surface area (TPSA) is 41.6 Å². The van der Waals surface area contributed by atoms with E-state index in [-0.39, 0.29) is 5.82 Å². The fourth-order valence-electron chi connectivity index (χ4n) is 1.74. The van der Waals surface area contributed by atoms with Gasteiger partial charge in [0.25, 0.3) is 0 Å². The van der Waals surface area contributed by atoms with Gasteiger partial charge in [-0.25, -0.2) is 9.37 Å². The predicted octanol–water partition coefficient (Wildman–Crippen LogP) is 2.41. The van der Waals surface area contributed by atoms with Crippen molar-refractivity contribution in [3.63, 3.8) is 0 Å². The van der Waals surface area contributed by atoms with Gasteiger partial charge in [-0.3, -0.25) is 5.10 Å². The van der Waals surface area contributed by atoms with E-state index in [1.54, 1.807) is 12.1 Å². The van der Waals surface area contributed by atoms with E-state index >= 15 is 0 Å². The zero-order valence-electron chi connectivity index (χ0n) is 8.78. The largest absolute Gasteiger partial charge is 0.263 e. The van der Waals surface area contributed by atoms with E-state index in [1.165, 1.54) is 18.9 Å². The summed E-state index contributed by atoms with van der Waals surface area (Å²) in [5.74, 6) is 1.97. The minimum absolute atomic E-state index is 0.188. The summed E-state index contributed by atoms with van der Waals surface area (Å²) in [7, 11) is 0. The lowest BCUT2D eigenvalue weighted by molar-refractivity contribution is 0.612. The molecule has 0 amide bonds. The number of hydrogen-bond donors (Lipinski definition) is 1. The fraction of sp³-hybridized carbons (Fsp3) is 0.333. The minimum atomic E-state index is -0.188. The van der Waals surface area contributed by atoms with Crippen LogP contribution in [-0.4, -0.2) is 15.2 Å². The van der Waals surface area contributed by atoms with Gasteiger partial charge in [-0.2, -0.15) is 5.10 Å². The zero-order valence-corrected chi connectivity index (χ0v) is 8.78. The lowest BCUT2D eigenvalue weighted by Crippen LogP contribution is -1.94. The van der Waals surface area contributed by atoms with Crippen LogP contribution in [-0.2, 0) is 6.42 Å². The molecule has 1 saturated carbocycles. The average molecular weight is 217 g/mol. The molecule has 2 aromatic rings. The van der Waals surface area contributed by atoms with Gasteiger partial charge in [-0.05, 0) is 24.5 Å². The number of aromatic nitrogens is 3. The molecule has 1 N–H and O–H groups in total. The summed E-state index contributed by atoms with van der Waals surface area (Å²) in [6.07, 6.45) is 2.83. The quantitative estimate of drug-likeness (QED) is 0.857. The highest BCUT2D eigenvalue weighted by atomic mass is 19.1. The number of nitrogens with zero attached hydrogens (tertiary/aromatic N) is 2. The molecule has 1 fully saturated rings. The monoisotopic (exact) mass is 217 g/mol. The van der Waals surface area contributed by atoms with Crippen LogP contribution in [0.25, 0.3) is 0 Å². The molecule has 1 aliphatic rings. The third kappa shape index (κ3) is 1.83. The maximum Gasteiger partial charge on any atom is 0.153 e. The molecule has 1 aromatic carbocycles. The van der Waals surface area contributed by atoms with Gasteiger partial charge in [0.2, 0.25) is 0 Å². The van der Waals surface area contributed by atoms with E-state index in [1.807, 2.05) is 6.07 Å². The number of aromatic amines is 1. The van der Waals surface area contributed by atoms with Crippen LogP contribution in [0.5, 0.6) is 0 Å². The van der Waals surface area contributed by atoms with Gasteiger partial charge in [-0.1, -0.05) is 18.2 Å². The molecule has 0 bridgehead atoms. The molecule has 4 heteroatoms. The van der Waals surface area contributed by atoms with Gasteiger partial charge < -0.3 is 0 Å². The summed E-state index contributed by atoms with van der Waals surface area (Å²) in [4.78, 5) is 4.38. The van der Waals surface area contributed by atoms with E-state index in [2.05, 4.69) is 15.2 Å². The second-order valence-corrected chi connectivity index (χ2v) is 4.18. The molecule has 3 rings (SSSR count). The molecule has 0 spiro atoms. The first kappa shape index (κ1) is 9.51. The maximum absolute atomic E-state index is 13.4. The molecule has 0 radical (unpaired) electrons. The Morgan fingerprint density at radius 1 is 1.31 bits per heavy atom. The molecule has 1 aromatic heterocycles. The molecular weight excluding hydrogens is 205 g/mol. The van der Waals surface area contributed by atoms with E-state index in [0.29, 0.717) is 17.9 Å². The summed E-state index contributed by atoms with van der Waals surface area (Å²) >= 11 is 0. The standard InChI is InChI=1S/C12H12FN3/c13-10-4-2-1-3-9(10)7-11-14-12(16-15-11)8-5-6-8/h1-4,8H,5-7H2,(H,14,15,16). The van der Waals surface area contributed by atoms with Crippen LogP contribution in [0.4, 0.5) is 4.39 Å². The highest BCUT2D eigenvalue weighted by Crippen LogP contribution is 2.37. The first-order valence-corrected chi connectivity index (χ1v) is 5.47. The third-order valence-corrected chi connectivity index (χ3v) is 2.81. The Balaban J connectivity index is 1.80. The van der Waals surface area contributed by atoms with Crippen molar-refractivity contribution < 1.29 is 4.39 Å². The van der Waals surface area contributed by atoms with Crippen LogP contribution in [0.2, 0.25) is 0 Å². The molecule has 82 valence electrons. The third-order valence-electron chi connectivity index (χ3n) is 2.81. The van der Waals surface area contributed by atoms with Crippen LogP contribution < -0.4 is 0 Å². The van der Waals surface area contributed by atoms with Crippen molar-refractivity contribution in [1.82, 2.24) is 15.2 Å². The SMILES string of the molecule is Fc1ccccc1Cc1nc(C2CC2)n[nH]1. The highest BCUT2D eigenvalue weighted by Gasteiger charge is 2.27. The normalized spacial score (nSPS) is 15.3. The van der Waals surface area contributed by atoms with Crippen molar-refractivity contribution in [2.45, 2.75) is 25.2 Å². The molecular formula is C12H12FN3. The summed E-state index contributed by atoms with van der Waals surface area (Å²) in [5.41, 5.74) is 0.654. The molecule has 1 heterocycles. The first-order chi connectivity index (χ1) is 7.83. The first-order valence-electron chi connectivity index (χ1n) is 5.47. The Bertz CT molecular complexity index is 502. The van der Waals surface area contributed by atoms with Gasteiger partial charge in [-0.15, -0.1) is 0 Å². The predicted molar refractivity (Wildman–Crippen MR) is 57.6 cm³/mol. The van der Waals surface area contributed by atoms with Gasteiger partial charge in [0.1, 0.15) is 11.6 Å². The van der Waals surface area contributed by atoms with Crippen LogP contribution >= 0.6 is 0 Å². The molecule has 0 saturated heterocycles. The Morgan fingerprint density at radius 2 is 2.12 bits per heavy atom. The van der Waals surface area contributed by atoms with E-state index < -0.39 is 0 Å². The van der Waals surface area contributed by atoms with Crippen molar-refractivity contribution in [3.8, 4) is 0 Å². The molecule has 0 aliphatic heterocycles. The van der Waals surface area contributed by atoms with Gasteiger partial charge >= 0.3 is 0 Å². The van der Waals surface area contributed by atoms with Crippen molar-refractivity contribution in [2.24, 2.45) is 0 Å². The number of H-pyrrole nitrogens is 1. The van der Waals surface area contributed by atoms with Crippen LogP contribution in [0, 0.1) is 5.82 Å². The summed E-state index contributed by atoms with van der Waals surface area (Å²) in [6, 6.07) is 6.76. The Morgan fingerprint density at radius 3 is 2.88 bits per heavy atom. The van der Waals surface area contributed by atoms with Crippen LogP contribution in [0.15, 0.2) is 24.3 Å². The summed E-state index contributed by atoms with van der Waals surface area (Å²) in [6.45, 7) is 0. The van der Waals surface area contributed by atoms with Crippen LogP contribution in [0.3, 0.4) is 0 Å². The highest BCUT2D eigenvalue weighted by molar-refractivity contribution is 5.21. The molecule has 16 heavy (non-hydrogen) atoms. The lowest BCUT2D eigenvalue weighted by Gasteiger charge is -1.98. The molecule has 0 atom stereocenters. The second kappa shape index (κ2) is 3.70. The van der Waals surface area contributed by atoms with Crippen LogP contribution in [0.1, 0.15) is 36.0 Å². The molecule has 0 unspecified atom stereocenters. The maximum atomic E-state index is 13.4. The van der Waals surface area contributed by atoms with E-state index in [9.17, 15) is 4.39 Å². The average Bonchev–Trinajstić information content (AvgIpc) is 3.03. The smallest absolute Gasteiger partial charge is 0.153 e. The summed E-state index contributed by atoms with van der Waals surface area (Å²) < 4.78 is 13.4. The van der Waals surface area contributed by atoms with Crippen molar-refractivity contribution in [2.75, 3.05) is 0 Å². The minimum Gasteiger partial charge on any atom is -0.263 e. The van der Waals surface area contributed by atoms with Crippen molar-refractivity contribution in [3.05, 3.63) is 47.3 Å². The Kier molecular flexibility index (Phi) is 2.20. The Hall–Kier alpha value is -1.71. The van der Waals surface area contributed by atoms with Gasteiger partial charge in [0.05, 0.1) is 0 Å². The lowest BCUT2D eigenvalue weighted by atomic mass is 10.1. The van der Waals surface area contributed by atoms with E-state index in [4.69, 9.17) is 0 Å². The Labute approximate surface area is 92.7 Å². The molecule has 3 nitrogen and oxygen atoms in total. The van der Waals surface area contributed by atoms with Gasteiger partial charge in [0.15, 0.2) is 5.82 Å². The number of nitrogens with one attached hydrogen (secondary N) is 1. The summed E-state index contributed by atoms with van der Waals surface area (Å²) in [5, 5.41) is 7.02. The number of halogens is 1. The molecule has 1 aliphatic carbocycles. The van der Waals surface area contributed by atoms with Crippen molar-refractivity contribution in [1.29, 1.82) is 0 Å². The fourth-order valence-corrected chi connectivity index (χ4v) is 1.74. The second-order valence-electron chi connectivity index (χ2n) is 4.18. The van der Waals surface area contributed by atoms with Gasteiger partial charge in [0, 0.05) is 12.3 Å². The number of hydrogen-bond acceptors (Lipinski definition) is 2. The van der Waals surface area contributed by atoms with Crippen molar-refractivity contribution >= 4 is 0 Å².